The number of hydrogen-bond donors (Lipinski definition) is 1. The number of pyridine rings is 1. The van der Waals surface area contributed by atoms with Crippen LogP contribution in [0.5, 0.6) is 5.88 Å². The molecule has 116 valence electrons. The van der Waals surface area contributed by atoms with Gasteiger partial charge in [0.15, 0.2) is 5.69 Å². The van der Waals surface area contributed by atoms with Crippen LogP contribution in [0.2, 0.25) is 0 Å². The third-order valence-corrected chi connectivity index (χ3v) is 3.16. The summed E-state index contributed by atoms with van der Waals surface area (Å²) < 4.78 is 10.7. The van der Waals surface area contributed by atoms with E-state index in [4.69, 9.17) is 15.2 Å². The Balaban J connectivity index is 2.24. The maximum absolute atomic E-state index is 11.9. The maximum Gasteiger partial charge on any atom is 0.359 e. The van der Waals surface area contributed by atoms with Crippen molar-refractivity contribution >= 4 is 11.7 Å². The van der Waals surface area contributed by atoms with Gasteiger partial charge in [0.05, 0.1) is 12.3 Å². The van der Waals surface area contributed by atoms with Crippen molar-refractivity contribution in [3.8, 4) is 5.88 Å². The van der Waals surface area contributed by atoms with E-state index < -0.39 is 5.97 Å². The first-order chi connectivity index (χ1) is 10.7. The molecule has 2 aromatic rings. The number of benzene rings is 1. The van der Waals surface area contributed by atoms with Crippen LogP contribution in [0, 0.1) is 0 Å². The molecule has 0 saturated heterocycles. The number of nitrogens with zero attached hydrogens (tertiary/aromatic N) is 1. The van der Waals surface area contributed by atoms with Gasteiger partial charge in [-0.05, 0) is 25.0 Å². The summed E-state index contributed by atoms with van der Waals surface area (Å²) >= 11 is 0. The molecule has 0 atom stereocenters. The van der Waals surface area contributed by atoms with Gasteiger partial charge in [-0.15, -0.1) is 0 Å². The third-order valence-electron chi connectivity index (χ3n) is 3.16. The first kappa shape index (κ1) is 15.8. The number of carbonyl (C=O) groups excluding carboxylic acids is 1. The predicted octanol–water partition coefficient (Wildman–Crippen LogP) is 2.98. The lowest BCUT2D eigenvalue weighted by atomic mass is 10.1. The smallest absolute Gasteiger partial charge is 0.359 e. The number of aryl methyl sites for hydroxylation is 1. The molecule has 1 aromatic heterocycles. The Bertz CT molecular complexity index is 642. The first-order valence-corrected chi connectivity index (χ1v) is 7.28. The van der Waals surface area contributed by atoms with E-state index in [-0.39, 0.29) is 12.3 Å². The van der Waals surface area contributed by atoms with Gasteiger partial charge >= 0.3 is 5.97 Å². The van der Waals surface area contributed by atoms with Gasteiger partial charge in [-0.3, -0.25) is 0 Å². The molecule has 0 amide bonds. The van der Waals surface area contributed by atoms with Crippen molar-refractivity contribution in [2.24, 2.45) is 0 Å². The summed E-state index contributed by atoms with van der Waals surface area (Å²) in [5.74, 6) is -0.115. The van der Waals surface area contributed by atoms with Gasteiger partial charge in [-0.1, -0.05) is 37.3 Å². The Kier molecular flexibility index (Phi) is 5.36. The maximum atomic E-state index is 11.9. The van der Waals surface area contributed by atoms with Crippen LogP contribution in [-0.4, -0.2) is 17.6 Å². The second-order valence-corrected chi connectivity index (χ2v) is 4.74. The summed E-state index contributed by atoms with van der Waals surface area (Å²) in [7, 11) is 0. The second kappa shape index (κ2) is 7.45. The highest BCUT2D eigenvalue weighted by Crippen LogP contribution is 2.23. The topological polar surface area (TPSA) is 74.4 Å². The van der Waals surface area contributed by atoms with E-state index >= 15 is 0 Å². The van der Waals surface area contributed by atoms with E-state index in [2.05, 4.69) is 4.98 Å². The molecule has 0 unspecified atom stereocenters. The number of esters is 1. The highest BCUT2D eigenvalue weighted by atomic mass is 16.5. The zero-order chi connectivity index (χ0) is 15.9. The number of aromatic nitrogens is 1. The Morgan fingerprint density at radius 3 is 2.59 bits per heavy atom. The zero-order valence-corrected chi connectivity index (χ0v) is 12.8. The van der Waals surface area contributed by atoms with Crippen molar-refractivity contribution in [3.05, 3.63) is 53.2 Å². The number of nitrogens with two attached hydrogens (primary N) is 1. The quantitative estimate of drug-likeness (QED) is 0.830. The normalized spacial score (nSPS) is 10.3. The highest BCUT2D eigenvalue weighted by molar-refractivity contribution is 5.93. The molecule has 5 nitrogen and oxygen atoms in total. The molecule has 5 heteroatoms. The third kappa shape index (κ3) is 3.75. The SMILES string of the molecule is CCOC(=O)c1nc(OCc2ccccc2)c(CC)cc1N. The first-order valence-electron chi connectivity index (χ1n) is 7.28. The Morgan fingerprint density at radius 1 is 1.23 bits per heavy atom. The fourth-order valence-electron chi connectivity index (χ4n) is 2.02. The zero-order valence-electron chi connectivity index (χ0n) is 12.8. The molecule has 0 aliphatic rings. The molecule has 0 spiro atoms. The van der Waals surface area contributed by atoms with Crippen LogP contribution in [0.3, 0.4) is 0 Å². The Hall–Kier alpha value is -2.56. The van der Waals surface area contributed by atoms with Crippen molar-refractivity contribution in [3.63, 3.8) is 0 Å². The molecule has 0 aliphatic heterocycles. The molecule has 2 N–H and O–H groups in total. The number of anilines is 1. The van der Waals surface area contributed by atoms with Crippen molar-refractivity contribution < 1.29 is 14.3 Å². The summed E-state index contributed by atoms with van der Waals surface area (Å²) in [5, 5.41) is 0. The molecular formula is C17H20N2O3. The lowest BCUT2D eigenvalue weighted by Crippen LogP contribution is -2.13. The van der Waals surface area contributed by atoms with Crippen molar-refractivity contribution in [2.45, 2.75) is 26.9 Å². The number of ether oxygens (including phenoxy) is 2. The van der Waals surface area contributed by atoms with Crippen LogP contribution in [0.15, 0.2) is 36.4 Å². The number of nitrogen functional groups attached to an aromatic ring is 1. The van der Waals surface area contributed by atoms with Crippen LogP contribution in [-0.2, 0) is 17.8 Å². The molecule has 1 heterocycles. The van der Waals surface area contributed by atoms with Crippen LogP contribution in [0.1, 0.15) is 35.5 Å². The van der Waals surface area contributed by atoms with Gasteiger partial charge in [-0.25, -0.2) is 9.78 Å². The average Bonchev–Trinajstić information content (AvgIpc) is 2.54. The van der Waals surface area contributed by atoms with Gasteiger partial charge in [0.1, 0.15) is 6.61 Å². The fraction of sp³-hybridized carbons (Fsp3) is 0.294. The minimum Gasteiger partial charge on any atom is -0.473 e. The number of carbonyl (C=O) groups is 1. The van der Waals surface area contributed by atoms with Gasteiger partial charge in [-0.2, -0.15) is 0 Å². The van der Waals surface area contributed by atoms with E-state index in [9.17, 15) is 4.79 Å². The molecule has 0 fully saturated rings. The molecule has 22 heavy (non-hydrogen) atoms. The lowest BCUT2D eigenvalue weighted by Gasteiger charge is -2.13. The summed E-state index contributed by atoms with van der Waals surface area (Å²) in [4.78, 5) is 16.1. The summed E-state index contributed by atoms with van der Waals surface area (Å²) in [5.41, 5.74) is 8.18. The minimum absolute atomic E-state index is 0.0992. The highest BCUT2D eigenvalue weighted by Gasteiger charge is 2.17. The van der Waals surface area contributed by atoms with Gasteiger partial charge < -0.3 is 15.2 Å². The Morgan fingerprint density at radius 2 is 1.95 bits per heavy atom. The standard InChI is InChI=1S/C17H20N2O3/c1-3-13-10-14(18)15(17(20)21-4-2)19-16(13)22-11-12-8-6-5-7-9-12/h5-10H,3-4,11,18H2,1-2H3. The number of rotatable bonds is 6. The van der Waals surface area contributed by atoms with Crippen LogP contribution >= 0.6 is 0 Å². The molecular weight excluding hydrogens is 280 g/mol. The molecule has 0 bridgehead atoms. The monoisotopic (exact) mass is 300 g/mol. The Labute approximate surface area is 130 Å². The molecule has 0 aliphatic carbocycles. The van der Waals surface area contributed by atoms with E-state index in [1.807, 2.05) is 37.3 Å². The van der Waals surface area contributed by atoms with Gasteiger partial charge in [0, 0.05) is 5.56 Å². The van der Waals surface area contributed by atoms with E-state index in [1.165, 1.54) is 0 Å². The van der Waals surface area contributed by atoms with Crippen molar-refractivity contribution in [2.75, 3.05) is 12.3 Å². The largest absolute Gasteiger partial charge is 0.473 e. The minimum atomic E-state index is -0.535. The van der Waals surface area contributed by atoms with E-state index in [1.54, 1.807) is 13.0 Å². The lowest BCUT2D eigenvalue weighted by molar-refractivity contribution is 0.0519. The van der Waals surface area contributed by atoms with Gasteiger partial charge in [0.2, 0.25) is 5.88 Å². The molecule has 0 saturated carbocycles. The predicted molar refractivity (Wildman–Crippen MR) is 84.8 cm³/mol. The number of hydrogen-bond acceptors (Lipinski definition) is 5. The summed E-state index contributed by atoms with van der Waals surface area (Å²) in [6, 6.07) is 11.5. The molecule has 2 rings (SSSR count). The van der Waals surface area contributed by atoms with Crippen molar-refractivity contribution in [1.82, 2.24) is 4.98 Å². The van der Waals surface area contributed by atoms with Gasteiger partial charge in [0.25, 0.3) is 0 Å². The fourth-order valence-corrected chi connectivity index (χ4v) is 2.02. The van der Waals surface area contributed by atoms with Crippen LogP contribution in [0.4, 0.5) is 5.69 Å². The summed E-state index contributed by atoms with van der Waals surface area (Å²) in [6.07, 6.45) is 0.713. The van der Waals surface area contributed by atoms with Crippen LogP contribution < -0.4 is 10.5 Å². The second-order valence-electron chi connectivity index (χ2n) is 4.74. The van der Waals surface area contributed by atoms with Crippen LogP contribution in [0.25, 0.3) is 0 Å². The van der Waals surface area contributed by atoms with Crippen molar-refractivity contribution in [1.29, 1.82) is 0 Å². The molecule has 0 radical (unpaired) electrons. The average molecular weight is 300 g/mol. The molecule has 1 aromatic carbocycles. The summed E-state index contributed by atoms with van der Waals surface area (Å²) in [6.45, 7) is 4.37. The van der Waals surface area contributed by atoms with E-state index in [0.717, 1.165) is 11.1 Å². The van der Waals surface area contributed by atoms with E-state index in [0.29, 0.717) is 24.6 Å².